The maximum absolute atomic E-state index is 12.0. The summed E-state index contributed by atoms with van der Waals surface area (Å²) in [5.41, 5.74) is -0.242. The van der Waals surface area contributed by atoms with E-state index in [1.165, 1.54) is 7.11 Å². The van der Waals surface area contributed by atoms with Crippen LogP contribution in [-0.2, 0) is 9.53 Å². The van der Waals surface area contributed by atoms with E-state index < -0.39 is 5.54 Å². The summed E-state index contributed by atoms with van der Waals surface area (Å²) in [4.78, 5) is 14.1. The fourth-order valence-corrected chi connectivity index (χ4v) is 2.66. The van der Waals surface area contributed by atoms with Crippen LogP contribution >= 0.6 is 0 Å². The number of esters is 1. The van der Waals surface area contributed by atoms with Crippen molar-refractivity contribution in [1.29, 1.82) is 0 Å². The number of hydrogen-bond acceptors (Lipinski definition) is 4. The minimum Gasteiger partial charge on any atom is -0.468 e. The van der Waals surface area contributed by atoms with E-state index in [4.69, 9.17) is 4.74 Å². The third kappa shape index (κ3) is 3.68. The maximum Gasteiger partial charge on any atom is 0.326 e. The van der Waals surface area contributed by atoms with Gasteiger partial charge in [0.05, 0.1) is 7.11 Å². The third-order valence-corrected chi connectivity index (χ3v) is 3.61. The number of carbonyl (C=O) groups excluding carboxylic acids is 1. The van der Waals surface area contributed by atoms with Gasteiger partial charge >= 0.3 is 5.97 Å². The molecule has 1 saturated carbocycles. The van der Waals surface area contributed by atoms with Crippen LogP contribution in [-0.4, -0.2) is 50.7 Å². The smallest absolute Gasteiger partial charge is 0.326 e. The molecule has 4 heteroatoms. The van der Waals surface area contributed by atoms with Crippen LogP contribution in [0.1, 0.15) is 33.1 Å². The molecular formula is C13H26N2O2. The zero-order chi connectivity index (χ0) is 13.1. The van der Waals surface area contributed by atoms with E-state index in [0.717, 1.165) is 32.4 Å². The van der Waals surface area contributed by atoms with Crippen molar-refractivity contribution in [3.63, 3.8) is 0 Å². The zero-order valence-corrected chi connectivity index (χ0v) is 11.8. The molecule has 0 saturated heterocycles. The highest BCUT2D eigenvalue weighted by Gasteiger charge is 2.48. The zero-order valence-electron chi connectivity index (χ0n) is 11.8. The van der Waals surface area contributed by atoms with Gasteiger partial charge in [0.1, 0.15) is 5.54 Å². The lowest BCUT2D eigenvalue weighted by Gasteiger charge is -2.30. The first-order valence-electron chi connectivity index (χ1n) is 6.29. The maximum atomic E-state index is 12.0. The normalized spacial score (nSPS) is 27.4. The highest BCUT2D eigenvalue weighted by molar-refractivity contribution is 5.81. The highest BCUT2D eigenvalue weighted by atomic mass is 16.5. The Hall–Kier alpha value is -0.610. The van der Waals surface area contributed by atoms with Crippen LogP contribution in [0.5, 0.6) is 0 Å². The largest absolute Gasteiger partial charge is 0.468 e. The summed E-state index contributed by atoms with van der Waals surface area (Å²) in [5, 5.41) is 3.42. The van der Waals surface area contributed by atoms with Crippen LogP contribution in [0.25, 0.3) is 0 Å². The lowest BCUT2D eigenvalue weighted by molar-refractivity contribution is -0.148. The molecule has 0 aromatic heterocycles. The van der Waals surface area contributed by atoms with Crippen molar-refractivity contribution in [2.45, 2.75) is 38.6 Å². The minimum absolute atomic E-state index is 0.109. The van der Waals surface area contributed by atoms with Gasteiger partial charge in [-0.05, 0) is 38.8 Å². The van der Waals surface area contributed by atoms with E-state index in [1.54, 1.807) is 0 Å². The first-order valence-corrected chi connectivity index (χ1v) is 6.29. The molecule has 0 amide bonds. The summed E-state index contributed by atoms with van der Waals surface area (Å²) in [7, 11) is 5.54. The van der Waals surface area contributed by atoms with Crippen molar-refractivity contribution in [1.82, 2.24) is 10.2 Å². The Morgan fingerprint density at radius 1 is 1.35 bits per heavy atom. The number of nitrogens with one attached hydrogen (secondary N) is 1. The van der Waals surface area contributed by atoms with Crippen LogP contribution < -0.4 is 5.32 Å². The van der Waals surface area contributed by atoms with Crippen molar-refractivity contribution < 1.29 is 9.53 Å². The molecule has 0 aliphatic heterocycles. The molecule has 17 heavy (non-hydrogen) atoms. The van der Waals surface area contributed by atoms with Gasteiger partial charge in [-0.1, -0.05) is 13.8 Å². The summed E-state index contributed by atoms with van der Waals surface area (Å²) in [6.45, 7) is 6.17. The number of rotatable bonds is 5. The van der Waals surface area contributed by atoms with Crippen LogP contribution in [0.3, 0.4) is 0 Å². The van der Waals surface area contributed by atoms with Crippen molar-refractivity contribution in [3.8, 4) is 0 Å². The highest BCUT2D eigenvalue weighted by Crippen LogP contribution is 2.44. The summed E-state index contributed by atoms with van der Waals surface area (Å²) < 4.78 is 4.97. The first-order chi connectivity index (χ1) is 7.81. The van der Waals surface area contributed by atoms with Crippen LogP contribution in [0, 0.1) is 5.41 Å². The van der Waals surface area contributed by atoms with Gasteiger partial charge in [0.2, 0.25) is 0 Å². The fraction of sp³-hybridized carbons (Fsp3) is 0.923. The van der Waals surface area contributed by atoms with E-state index >= 15 is 0 Å². The molecule has 1 aliphatic carbocycles. The fourth-order valence-electron chi connectivity index (χ4n) is 2.66. The third-order valence-electron chi connectivity index (χ3n) is 3.61. The molecule has 4 nitrogen and oxygen atoms in total. The molecule has 0 heterocycles. The summed E-state index contributed by atoms with van der Waals surface area (Å²) in [6, 6.07) is 0. The Morgan fingerprint density at radius 2 is 2.00 bits per heavy atom. The molecule has 1 rings (SSSR count). The average Bonchev–Trinajstić information content (AvgIpc) is 2.54. The topological polar surface area (TPSA) is 41.6 Å². The van der Waals surface area contributed by atoms with Crippen LogP contribution in [0.4, 0.5) is 0 Å². The molecule has 1 unspecified atom stereocenters. The molecular weight excluding hydrogens is 216 g/mol. The molecule has 1 N–H and O–H groups in total. The Morgan fingerprint density at radius 3 is 2.41 bits per heavy atom. The van der Waals surface area contributed by atoms with Crippen molar-refractivity contribution in [2.24, 2.45) is 5.41 Å². The van der Waals surface area contributed by atoms with Crippen molar-refractivity contribution in [2.75, 3.05) is 34.3 Å². The van der Waals surface area contributed by atoms with Crippen molar-refractivity contribution >= 4 is 5.97 Å². The van der Waals surface area contributed by atoms with E-state index in [0.29, 0.717) is 0 Å². The Bertz CT molecular complexity index is 277. The molecule has 0 radical (unpaired) electrons. The summed E-state index contributed by atoms with van der Waals surface area (Å²) in [6.07, 6.45) is 2.80. The Kier molecular flexibility index (Phi) is 4.55. The number of likely N-dealkylation sites (N-methyl/N-ethyl adjacent to an activating group) is 1. The molecule has 1 fully saturated rings. The lowest BCUT2D eigenvalue weighted by Crippen LogP contribution is -2.52. The summed E-state index contributed by atoms with van der Waals surface area (Å²) >= 11 is 0. The van der Waals surface area contributed by atoms with Gasteiger partial charge in [-0.2, -0.15) is 0 Å². The van der Waals surface area contributed by atoms with Gasteiger partial charge in [0.25, 0.3) is 0 Å². The predicted molar refractivity (Wildman–Crippen MR) is 68.9 cm³/mol. The van der Waals surface area contributed by atoms with Crippen LogP contribution in [0.15, 0.2) is 0 Å². The van der Waals surface area contributed by atoms with Gasteiger partial charge < -0.3 is 15.0 Å². The molecule has 0 spiro atoms. The number of methoxy groups -OCH3 is 1. The molecule has 100 valence electrons. The standard InChI is InChI=1S/C13H26N2O2/c1-12(2)6-7-13(10-12,11(16)17-5)14-8-9-15(3)4/h14H,6-10H2,1-5H3. The Balaban J connectivity index is 2.65. The number of carbonyl (C=O) groups is 1. The van der Waals surface area contributed by atoms with E-state index in [9.17, 15) is 4.79 Å². The summed E-state index contributed by atoms with van der Waals surface area (Å²) in [5.74, 6) is -0.109. The average molecular weight is 242 g/mol. The molecule has 1 atom stereocenters. The van der Waals surface area contributed by atoms with Gasteiger partial charge in [0, 0.05) is 13.1 Å². The van der Waals surface area contributed by atoms with Crippen molar-refractivity contribution in [3.05, 3.63) is 0 Å². The number of nitrogens with zero attached hydrogens (tertiary/aromatic N) is 1. The molecule has 0 aromatic rings. The second-order valence-electron chi connectivity index (χ2n) is 6.14. The van der Waals surface area contributed by atoms with Gasteiger partial charge in [0.15, 0.2) is 0 Å². The quantitative estimate of drug-likeness (QED) is 0.737. The molecule has 0 aromatic carbocycles. The predicted octanol–water partition coefficient (Wildman–Crippen LogP) is 1.26. The van der Waals surface area contributed by atoms with E-state index in [2.05, 4.69) is 24.1 Å². The Labute approximate surface area is 105 Å². The SMILES string of the molecule is COC(=O)C1(NCCN(C)C)CCC(C)(C)C1. The van der Waals surface area contributed by atoms with Gasteiger partial charge in [-0.3, -0.25) is 4.79 Å². The van der Waals surface area contributed by atoms with Crippen LogP contribution in [0.2, 0.25) is 0 Å². The molecule has 0 bridgehead atoms. The number of hydrogen-bond donors (Lipinski definition) is 1. The monoisotopic (exact) mass is 242 g/mol. The van der Waals surface area contributed by atoms with E-state index in [1.807, 2.05) is 14.1 Å². The minimum atomic E-state index is -0.464. The molecule has 1 aliphatic rings. The lowest BCUT2D eigenvalue weighted by atomic mass is 9.87. The van der Waals surface area contributed by atoms with Gasteiger partial charge in [-0.15, -0.1) is 0 Å². The second-order valence-corrected chi connectivity index (χ2v) is 6.14. The van der Waals surface area contributed by atoms with E-state index in [-0.39, 0.29) is 11.4 Å². The second kappa shape index (κ2) is 5.36. The first kappa shape index (κ1) is 14.5. The number of ether oxygens (including phenoxy) is 1. The van der Waals surface area contributed by atoms with Gasteiger partial charge in [-0.25, -0.2) is 0 Å².